The van der Waals surface area contributed by atoms with Crippen molar-refractivity contribution in [2.75, 3.05) is 55.5 Å². The number of hydrogen-bond acceptors (Lipinski definition) is 9. The maximum absolute atomic E-state index is 12.0. The number of nitrogens with one attached hydrogen (secondary N) is 4. The summed E-state index contributed by atoms with van der Waals surface area (Å²) in [4.78, 5) is 25.7. The van der Waals surface area contributed by atoms with Gasteiger partial charge in [-0.25, -0.2) is 0 Å². The Labute approximate surface area is 213 Å². The molecule has 0 aliphatic heterocycles. The van der Waals surface area contributed by atoms with Gasteiger partial charge in [0.1, 0.15) is 0 Å². The lowest BCUT2D eigenvalue weighted by molar-refractivity contribution is 0.0519. The summed E-state index contributed by atoms with van der Waals surface area (Å²) in [7, 11) is 0. The van der Waals surface area contributed by atoms with E-state index in [2.05, 4.69) is 36.2 Å². The SMILES string of the molecule is O=C(NCCOCCOCCNc1nc(NC2CCCC2)nc(NC2CCCC2)n1)c1ccccc1. The molecule has 2 aliphatic rings. The predicted octanol–water partition coefficient (Wildman–Crippen LogP) is 3.46. The van der Waals surface area contributed by atoms with Gasteiger partial charge in [0.05, 0.1) is 26.4 Å². The summed E-state index contributed by atoms with van der Waals surface area (Å²) in [6.45, 7) is 2.95. The Balaban J connectivity index is 1.11. The molecule has 1 aromatic heterocycles. The molecule has 1 aromatic carbocycles. The number of anilines is 3. The summed E-state index contributed by atoms with van der Waals surface area (Å²) in [6.07, 6.45) is 9.66. The normalized spacial score (nSPS) is 16.2. The summed E-state index contributed by atoms with van der Waals surface area (Å²) in [5.41, 5.74) is 0.648. The molecule has 10 heteroatoms. The van der Waals surface area contributed by atoms with E-state index in [-0.39, 0.29) is 5.91 Å². The molecule has 1 amide bonds. The molecule has 2 aliphatic carbocycles. The molecule has 196 valence electrons. The van der Waals surface area contributed by atoms with Gasteiger partial charge in [0.15, 0.2) is 0 Å². The first-order valence-corrected chi connectivity index (χ1v) is 13.3. The Hall–Kier alpha value is -2.98. The van der Waals surface area contributed by atoms with Crippen LogP contribution in [0.3, 0.4) is 0 Å². The highest BCUT2D eigenvalue weighted by molar-refractivity contribution is 5.94. The minimum Gasteiger partial charge on any atom is -0.377 e. The number of carbonyl (C=O) groups excluding carboxylic acids is 1. The highest BCUT2D eigenvalue weighted by Gasteiger charge is 2.19. The molecule has 2 saturated carbocycles. The van der Waals surface area contributed by atoms with Crippen molar-refractivity contribution in [3.8, 4) is 0 Å². The highest BCUT2D eigenvalue weighted by atomic mass is 16.5. The maximum atomic E-state index is 12.0. The third-order valence-electron chi connectivity index (χ3n) is 6.48. The molecule has 2 fully saturated rings. The van der Waals surface area contributed by atoms with E-state index in [1.807, 2.05) is 18.2 Å². The molecule has 0 radical (unpaired) electrons. The highest BCUT2D eigenvalue weighted by Crippen LogP contribution is 2.24. The van der Waals surface area contributed by atoms with Gasteiger partial charge in [-0.2, -0.15) is 15.0 Å². The van der Waals surface area contributed by atoms with Crippen LogP contribution in [-0.4, -0.2) is 72.5 Å². The van der Waals surface area contributed by atoms with Gasteiger partial charge in [0.2, 0.25) is 17.8 Å². The zero-order chi connectivity index (χ0) is 24.8. The van der Waals surface area contributed by atoms with Crippen molar-refractivity contribution in [1.29, 1.82) is 0 Å². The number of carbonyl (C=O) groups is 1. The van der Waals surface area contributed by atoms with Crippen LogP contribution in [0, 0.1) is 0 Å². The Morgan fingerprint density at radius 3 is 1.83 bits per heavy atom. The van der Waals surface area contributed by atoms with Crippen LogP contribution in [-0.2, 0) is 9.47 Å². The van der Waals surface area contributed by atoms with Crippen LogP contribution >= 0.6 is 0 Å². The fourth-order valence-corrected chi connectivity index (χ4v) is 4.57. The standard InChI is InChI=1S/C26H39N7O3/c34-23(20-8-2-1-3-9-20)27-14-16-35-18-19-36-17-15-28-24-31-25(29-21-10-4-5-11-21)33-26(32-24)30-22-12-6-7-13-22/h1-3,8-9,21-22H,4-7,10-19H2,(H,27,34)(H3,28,29,30,31,32,33). The predicted molar refractivity (Wildman–Crippen MR) is 140 cm³/mol. The van der Waals surface area contributed by atoms with Crippen molar-refractivity contribution in [2.24, 2.45) is 0 Å². The minimum absolute atomic E-state index is 0.0944. The quantitative estimate of drug-likeness (QED) is 0.274. The van der Waals surface area contributed by atoms with Gasteiger partial charge in [-0.05, 0) is 37.8 Å². The monoisotopic (exact) mass is 497 g/mol. The average Bonchev–Trinajstić information content (AvgIpc) is 3.60. The topological polar surface area (TPSA) is 122 Å². The van der Waals surface area contributed by atoms with Crippen molar-refractivity contribution in [1.82, 2.24) is 20.3 Å². The molecule has 0 unspecified atom stereocenters. The third kappa shape index (κ3) is 8.91. The smallest absolute Gasteiger partial charge is 0.251 e. The summed E-state index contributed by atoms with van der Waals surface area (Å²) in [5, 5.41) is 13.1. The summed E-state index contributed by atoms with van der Waals surface area (Å²) in [5.74, 6) is 1.73. The summed E-state index contributed by atoms with van der Waals surface area (Å²) in [6, 6.07) is 10.0. The van der Waals surface area contributed by atoms with Crippen LogP contribution in [0.25, 0.3) is 0 Å². The van der Waals surface area contributed by atoms with Crippen molar-refractivity contribution in [3.05, 3.63) is 35.9 Å². The van der Waals surface area contributed by atoms with E-state index in [0.29, 0.717) is 75.0 Å². The summed E-state index contributed by atoms with van der Waals surface area (Å²) < 4.78 is 11.2. The number of amides is 1. The Bertz CT molecular complexity index is 883. The fraction of sp³-hybridized carbons (Fsp3) is 0.615. The van der Waals surface area contributed by atoms with E-state index in [1.165, 1.54) is 25.7 Å². The number of benzene rings is 1. The molecule has 0 atom stereocenters. The Morgan fingerprint density at radius 2 is 1.25 bits per heavy atom. The van der Waals surface area contributed by atoms with Crippen LogP contribution in [0.4, 0.5) is 17.8 Å². The second kappa shape index (κ2) is 14.5. The Morgan fingerprint density at radius 1 is 0.722 bits per heavy atom. The first kappa shape index (κ1) is 26.1. The van der Waals surface area contributed by atoms with Crippen molar-refractivity contribution >= 4 is 23.8 Å². The molecular formula is C26H39N7O3. The lowest BCUT2D eigenvalue weighted by Gasteiger charge is -2.16. The minimum atomic E-state index is -0.0944. The molecule has 2 aromatic rings. The molecule has 10 nitrogen and oxygen atoms in total. The zero-order valence-electron chi connectivity index (χ0n) is 21.0. The van der Waals surface area contributed by atoms with Crippen molar-refractivity contribution in [3.63, 3.8) is 0 Å². The van der Waals surface area contributed by atoms with Gasteiger partial charge in [-0.1, -0.05) is 43.9 Å². The van der Waals surface area contributed by atoms with Crippen LogP contribution in [0.15, 0.2) is 30.3 Å². The van der Waals surface area contributed by atoms with Crippen molar-refractivity contribution in [2.45, 2.75) is 63.5 Å². The van der Waals surface area contributed by atoms with Gasteiger partial charge in [-0.15, -0.1) is 0 Å². The van der Waals surface area contributed by atoms with E-state index < -0.39 is 0 Å². The maximum Gasteiger partial charge on any atom is 0.251 e. The number of hydrogen-bond donors (Lipinski definition) is 4. The van der Waals surface area contributed by atoms with Crippen LogP contribution < -0.4 is 21.3 Å². The second-order valence-corrected chi connectivity index (χ2v) is 9.33. The van der Waals surface area contributed by atoms with E-state index in [0.717, 1.165) is 25.7 Å². The Kier molecular flexibility index (Phi) is 10.5. The number of ether oxygens (including phenoxy) is 2. The second-order valence-electron chi connectivity index (χ2n) is 9.33. The molecule has 4 rings (SSSR count). The lowest BCUT2D eigenvalue weighted by atomic mass is 10.2. The van der Waals surface area contributed by atoms with Crippen LogP contribution in [0.5, 0.6) is 0 Å². The van der Waals surface area contributed by atoms with Gasteiger partial charge in [-0.3, -0.25) is 4.79 Å². The number of aromatic nitrogens is 3. The summed E-state index contributed by atoms with van der Waals surface area (Å²) >= 11 is 0. The number of nitrogens with zero attached hydrogens (tertiary/aromatic N) is 3. The zero-order valence-corrected chi connectivity index (χ0v) is 21.0. The number of rotatable bonds is 15. The molecule has 36 heavy (non-hydrogen) atoms. The molecule has 0 spiro atoms. The van der Waals surface area contributed by atoms with Gasteiger partial charge < -0.3 is 30.7 Å². The molecule has 1 heterocycles. The molecule has 0 saturated heterocycles. The van der Waals surface area contributed by atoms with E-state index >= 15 is 0 Å². The largest absolute Gasteiger partial charge is 0.377 e. The average molecular weight is 498 g/mol. The fourth-order valence-electron chi connectivity index (χ4n) is 4.57. The van der Waals surface area contributed by atoms with E-state index in [1.54, 1.807) is 12.1 Å². The van der Waals surface area contributed by atoms with E-state index in [9.17, 15) is 4.79 Å². The lowest BCUT2D eigenvalue weighted by Crippen LogP contribution is -2.27. The molecular weight excluding hydrogens is 458 g/mol. The first-order valence-electron chi connectivity index (χ1n) is 13.3. The first-order chi connectivity index (χ1) is 17.8. The van der Waals surface area contributed by atoms with E-state index in [4.69, 9.17) is 9.47 Å². The molecule has 0 bridgehead atoms. The van der Waals surface area contributed by atoms with Crippen LogP contribution in [0.2, 0.25) is 0 Å². The van der Waals surface area contributed by atoms with Gasteiger partial charge >= 0.3 is 0 Å². The third-order valence-corrected chi connectivity index (χ3v) is 6.48. The van der Waals surface area contributed by atoms with Gasteiger partial charge in [0.25, 0.3) is 5.91 Å². The van der Waals surface area contributed by atoms with Crippen molar-refractivity contribution < 1.29 is 14.3 Å². The van der Waals surface area contributed by atoms with Gasteiger partial charge in [0, 0.05) is 30.7 Å². The molecule has 4 N–H and O–H groups in total. The van der Waals surface area contributed by atoms with Crippen LogP contribution in [0.1, 0.15) is 61.7 Å².